The summed E-state index contributed by atoms with van der Waals surface area (Å²) in [4.78, 5) is 0. The molecule has 0 N–H and O–H groups in total. The molecule has 86 valence electrons. The van der Waals surface area contributed by atoms with Crippen LogP contribution in [0.25, 0.3) is 0 Å². The molecule has 0 aromatic carbocycles. The number of hydrogen-bond donors (Lipinski definition) is 0. The SMILES string of the molecule is C[C](C)(C)[Sn]([Cl])[C](C)(C)C.[CH3][Ge]([CH3])[Cl]. The molecule has 0 saturated carbocycles. The van der Waals surface area contributed by atoms with E-state index in [1.165, 1.54) is 0 Å². The van der Waals surface area contributed by atoms with Crippen LogP contribution < -0.4 is 0 Å². The van der Waals surface area contributed by atoms with Crippen LogP contribution in [0.4, 0.5) is 0 Å². The van der Waals surface area contributed by atoms with Crippen LogP contribution in [0.3, 0.4) is 0 Å². The molecule has 0 nitrogen and oxygen atoms in total. The molecule has 0 atom stereocenters. The van der Waals surface area contributed by atoms with E-state index in [9.17, 15) is 0 Å². The molecule has 0 heterocycles. The molecule has 2 radical (unpaired) electrons. The molecule has 0 fully saturated rings. The molecule has 0 aromatic rings. The van der Waals surface area contributed by atoms with Gasteiger partial charge in [-0.25, -0.2) is 0 Å². The van der Waals surface area contributed by atoms with Crippen LogP contribution in [0.15, 0.2) is 0 Å². The summed E-state index contributed by atoms with van der Waals surface area (Å²) in [6.45, 7) is 13.6. The van der Waals surface area contributed by atoms with Crippen molar-refractivity contribution in [1.82, 2.24) is 0 Å². The Hall–Kier alpha value is 1.92. The van der Waals surface area contributed by atoms with Crippen molar-refractivity contribution in [3.05, 3.63) is 0 Å². The second kappa shape index (κ2) is 7.29. The van der Waals surface area contributed by atoms with Gasteiger partial charge in [0.1, 0.15) is 0 Å². The molecule has 0 aliphatic rings. The summed E-state index contributed by atoms with van der Waals surface area (Å²) >= 11 is -2.53. The van der Waals surface area contributed by atoms with E-state index in [4.69, 9.17) is 18.9 Å². The van der Waals surface area contributed by atoms with Crippen molar-refractivity contribution in [2.24, 2.45) is 0 Å². The maximum atomic E-state index is 6.43. The van der Waals surface area contributed by atoms with Crippen LogP contribution in [-0.4, -0.2) is 32.1 Å². The van der Waals surface area contributed by atoms with Gasteiger partial charge in [-0.15, -0.1) is 0 Å². The second-order valence-corrected chi connectivity index (χ2v) is 26.2. The molecule has 0 aromatic heterocycles. The van der Waals surface area contributed by atoms with Gasteiger partial charge in [0.25, 0.3) is 0 Å². The van der Waals surface area contributed by atoms with Gasteiger partial charge < -0.3 is 0 Å². The summed E-state index contributed by atoms with van der Waals surface area (Å²) in [6, 6.07) is 0. The van der Waals surface area contributed by atoms with Gasteiger partial charge in [0.05, 0.1) is 0 Å². The number of hydrogen-bond acceptors (Lipinski definition) is 0. The van der Waals surface area contributed by atoms with E-state index < -0.39 is 32.1 Å². The fourth-order valence-corrected chi connectivity index (χ4v) is 7.55. The van der Waals surface area contributed by atoms with Gasteiger partial charge in [0.2, 0.25) is 0 Å². The zero-order chi connectivity index (χ0) is 12.2. The summed E-state index contributed by atoms with van der Waals surface area (Å²) < 4.78 is 0.810. The van der Waals surface area contributed by atoms with Crippen LogP contribution in [-0.2, 0) is 0 Å². The summed E-state index contributed by atoms with van der Waals surface area (Å²) in [5, 5.41) is 0. The Kier molecular flexibility index (Phi) is 9.52. The predicted octanol–water partition coefficient (Wildman–Crippen LogP) is 5.29. The van der Waals surface area contributed by atoms with E-state index in [2.05, 4.69) is 53.1 Å². The Labute approximate surface area is 110 Å². The van der Waals surface area contributed by atoms with Gasteiger partial charge >= 0.3 is 111 Å². The quantitative estimate of drug-likeness (QED) is 0.479. The Balaban J connectivity index is 0. The zero-order valence-electron chi connectivity index (χ0n) is 10.8. The number of rotatable bonds is 0. The summed E-state index contributed by atoms with van der Waals surface area (Å²) in [5.74, 6) is 4.20. The van der Waals surface area contributed by atoms with E-state index in [0.717, 1.165) is 0 Å². The molecule has 0 amide bonds. The van der Waals surface area contributed by atoms with E-state index in [1.807, 2.05) is 0 Å². The van der Waals surface area contributed by atoms with Crippen LogP contribution in [0, 0.1) is 0 Å². The van der Waals surface area contributed by atoms with Gasteiger partial charge in [-0.1, -0.05) is 0 Å². The molecule has 0 aliphatic heterocycles. The molecule has 0 spiro atoms. The minimum atomic E-state index is -1.66. The molecule has 14 heavy (non-hydrogen) atoms. The summed E-state index contributed by atoms with van der Waals surface area (Å²) in [6.07, 6.45) is 0. The predicted molar refractivity (Wildman–Crippen MR) is 74.4 cm³/mol. The summed E-state index contributed by atoms with van der Waals surface area (Å²) in [5.41, 5.74) is 0. The Bertz CT molecular complexity index is 130. The average molecular weight is 407 g/mol. The van der Waals surface area contributed by atoms with Crippen molar-refractivity contribution in [3.63, 3.8) is 0 Å². The van der Waals surface area contributed by atoms with Crippen molar-refractivity contribution in [2.75, 3.05) is 0 Å². The van der Waals surface area contributed by atoms with Gasteiger partial charge in [0.15, 0.2) is 0 Å². The Morgan fingerprint density at radius 1 is 0.857 bits per heavy atom. The third-order valence-electron chi connectivity index (χ3n) is 1.32. The van der Waals surface area contributed by atoms with Crippen molar-refractivity contribution >= 4 is 51.0 Å². The van der Waals surface area contributed by atoms with E-state index in [0.29, 0.717) is 6.86 Å². The molecule has 4 heteroatoms. The van der Waals surface area contributed by atoms with Crippen molar-refractivity contribution in [2.45, 2.75) is 59.9 Å². The van der Waals surface area contributed by atoms with Gasteiger partial charge in [-0.05, 0) is 0 Å². The van der Waals surface area contributed by atoms with Crippen molar-refractivity contribution < 1.29 is 0 Å². The molecule has 0 saturated heterocycles. The third-order valence-corrected chi connectivity index (χ3v) is 16.4. The molecular formula is C10H24Cl2GeSn. The Morgan fingerprint density at radius 2 is 1.00 bits per heavy atom. The fraction of sp³-hybridized carbons (Fsp3) is 1.00. The van der Waals surface area contributed by atoms with E-state index in [1.54, 1.807) is 0 Å². The van der Waals surface area contributed by atoms with E-state index >= 15 is 0 Å². The van der Waals surface area contributed by atoms with Crippen molar-refractivity contribution in [1.29, 1.82) is 0 Å². The molecule has 0 rings (SSSR count). The summed E-state index contributed by atoms with van der Waals surface area (Å²) in [7, 11) is 11.9. The third kappa shape index (κ3) is 12.0. The first kappa shape index (κ1) is 18.3. The monoisotopic (exact) mass is 408 g/mol. The van der Waals surface area contributed by atoms with Gasteiger partial charge in [-0.3, -0.25) is 0 Å². The standard InChI is InChI=1S/2C4H9.C2H6ClGe.ClH.Sn/c3*1-4(2)3;;/h2*1-3H3;1-2H3;1H;/q;;;;+1/p-1. The van der Waals surface area contributed by atoms with Gasteiger partial charge in [0, 0.05) is 0 Å². The fourth-order valence-electron chi connectivity index (χ4n) is 1.12. The van der Waals surface area contributed by atoms with Crippen LogP contribution in [0.1, 0.15) is 41.5 Å². The first-order valence-corrected chi connectivity index (χ1v) is 18.3. The zero-order valence-corrected chi connectivity index (χ0v) is 17.2. The van der Waals surface area contributed by atoms with Gasteiger partial charge in [-0.2, -0.15) is 0 Å². The van der Waals surface area contributed by atoms with Crippen LogP contribution in [0.2, 0.25) is 18.4 Å². The topological polar surface area (TPSA) is 0 Å². The number of halogens is 2. The Morgan fingerprint density at radius 3 is 1.00 bits per heavy atom. The molecule has 0 bridgehead atoms. The normalized spacial score (nSPS) is 12.9. The van der Waals surface area contributed by atoms with Crippen molar-refractivity contribution in [3.8, 4) is 0 Å². The average Bonchev–Trinajstić information content (AvgIpc) is 1.80. The molecule has 0 aliphatic carbocycles. The van der Waals surface area contributed by atoms with E-state index in [-0.39, 0.29) is 0 Å². The van der Waals surface area contributed by atoms with Crippen LogP contribution in [0.5, 0.6) is 0 Å². The minimum absolute atomic E-state index is 0.405. The molecule has 0 unspecified atom stereocenters. The maximum absolute atomic E-state index is 6.43. The molecular weight excluding hydrogens is 382 g/mol. The first-order chi connectivity index (χ1) is 5.89. The van der Waals surface area contributed by atoms with Crippen LogP contribution >= 0.6 is 18.9 Å². The first-order valence-electron chi connectivity index (χ1n) is 4.88. The second-order valence-electron chi connectivity index (χ2n) is 5.69.